The molecular formula is C19H18F6N4O3. The lowest BCUT2D eigenvalue weighted by atomic mass is 10.0. The largest absolute Gasteiger partial charge is 0.476 e. The van der Waals surface area contributed by atoms with Crippen molar-refractivity contribution in [1.29, 1.82) is 0 Å². The monoisotopic (exact) mass is 464 g/mol. The summed E-state index contributed by atoms with van der Waals surface area (Å²) in [7, 11) is 0. The van der Waals surface area contributed by atoms with Crippen molar-refractivity contribution < 1.29 is 41.0 Å². The second-order valence-electron chi connectivity index (χ2n) is 7.41. The number of aromatic carboxylic acids is 1. The molecule has 1 aliphatic heterocycles. The van der Waals surface area contributed by atoms with E-state index in [1.807, 2.05) is 0 Å². The van der Waals surface area contributed by atoms with Gasteiger partial charge < -0.3 is 20.3 Å². The minimum Gasteiger partial charge on any atom is -0.476 e. The highest BCUT2D eigenvalue weighted by atomic mass is 19.4. The predicted molar refractivity (Wildman–Crippen MR) is 96.9 cm³/mol. The Kier molecular flexibility index (Phi) is 6.22. The number of fused-ring (bicyclic) bond motifs is 1. The Hall–Kier alpha value is -3.09. The molecule has 2 aromatic rings. The number of alkyl halides is 3. The van der Waals surface area contributed by atoms with E-state index in [1.165, 1.54) is 6.92 Å². The van der Waals surface area contributed by atoms with Crippen LogP contribution in [-0.4, -0.2) is 44.0 Å². The van der Waals surface area contributed by atoms with Crippen molar-refractivity contribution in [3.05, 3.63) is 52.4 Å². The molecule has 1 aromatic heterocycles. The third-order valence-corrected chi connectivity index (χ3v) is 5.22. The van der Waals surface area contributed by atoms with E-state index >= 15 is 0 Å². The molecule has 0 fully saturated rings. The Bertz CT molecular complexity index is 1070. The van der Waals surface area contributed by atoms with E-state index in [9.17, 15) is 41.0 Å². The molecule has 0 aliphatic carbocycles. The van der Waals surface area contributed by atoms with Crippen LogP contribution in [0.3, 0.4) is 0 Å². The Balaban J connectivity index is 1.79. The fraction of sp³-hybridized carbons (Fsp3) is 0.421. The highest BCUT2D eigenvalue weighted by Gasteiger charge is 2.43. The molecule has 3 N–H and O–H groups in total. The van der Waals surface area contributed by atoms with Gasteiger partial charge in [-0.1, -0.05) is 0 Å². The summed E-state index contributed by atoms with van der Waals surface area (Å²) in [6.07, 6.45) is -5.57. The topological polar surface area (TPSA) is 101 Å². The number of carboxylic acid groups (broad SMARTS) is 1. The summed E-state index contributed by atoms with van der Waals surface area (Å²) < 4.78 is 80.7. The van der Waals surface area contributed by atoms with Gasteiger partial charge in [0.05, 0.1) is 11.7 Å². The van der Waals surface area contributed by atoms with Crippen molar-refractivity contribution >= 4 is 11.9 Å². The van der Waals surface area contributed by atoms with E-state index in [0.717, 1.165) is 9.47 Å². The van der Waals surface area contributed by atoms with Gasteiger partial charge in [0.1, 0.15) is 5.82 Å². The van der Waals surface area contributed by atoms with Crippen molar-refractivity contribution in [2.45, 2.75) is 44.6 Å². The summed E-state index contributed by atoms with van der Waals surface area (Å²) in [4.78, 5) is 28.5. The number of imidazole rings is 1. The van der Waals surface area contributed by atoms with Crippen LogP contribution in [0.5, 0.6) is 0 Å². The van der Waals surface area contributed by atoms with Gasteiger partial charge in [0.25, 0.3) is 0 Å². The number of halogens is 6. The average Bonchev–Trinajstić information content (AvgIpc) is 3.07. The molecule has 1 unspecified atom stereocenters. The third kappa shape index (κ3) is 4.42. The summed E-state index contributed by atoms with van der Waals surface area (Å²) in [6, 6.07) is -1.07. The number of amides is 1. The smallest absolute Gasteiger partial charge is 0.449 e. The summed E-state index contributed by atoms with van der Waals surface area (Å²) in [5.41, 5.74) is 4.54. The normalized spacial score (nSPS) is 17.2. The Labute approximate surface area is 177 Å². The molecule has 0 saturated heterocycles. The van der Waals surface area contributed by atoms with Crippen LogP contribution in [0.25, 0.3) is 0 Å². The Morgan fingerprint density at radius 1 is 1.19 bits per heavy atom. The minimum absolute atomic E-state index is 0.169. The number of carbonyl (C=O) groups is 2. The first kappa shape index (κ1) is 23.6. The van der Waals surface area contributed by atoms with E-state index in [0.29, 0.717) is 12.1 Å². The molecule has 2 heterocycles. The minimum atomic E-state index is -4.88. The number of aromatic nitrogens is 2. The molecule has 0 spiro atoms. The van der Waals surface area contributed by atoms with Gasteiger partial charge in [-0.3, -0.25) is 4.79 Å². The second-order valence-corrected chi connectivity index (χ2v) is 7.41. The maximum absolute atomic E-state index is 13.8. The fourth-order valence-electron chi connectivity index (χ4n) is 3.80. The molecule has 0 bridgehead atoms. The van der Waals surface area contributed by atoms with Crippen molar-refractivity contribution in [3.63, 3.8) is 0 Å². The lowest BCUT2D eigenvalue weighted by Crippen LogP contribution is -2.44. The highest BCUT2D eigenvalue weighted by molar-refractivity contribution is 5.87. The molecule has 0 saturated carbocycles. The lowest BCUT2D eigenvalue weighted by Gasteiger charge is -2.36. The SMILES string of the molecule is CC1c2c(C(=O)O)nc(C(F)(F)F)n2CCN1C(=O)C[C@H](N)Cc1cc(F)c(F)cc1F. The summed E-state index contributed by atoms with van der Waals surface area (Å²) in [5.74, 6) is -7.34. The van der Waals surface area contributed by atoms with E-state index in [1.54, 1.807) is 0 Å². The quantitative estimate of drug-likeness (QED) is 0.524. The van der Waals surface area contributed by atoms with E-state index < -0.39 is 59.1 Å². The van der Waals surface area contributed by atoms with Gasteiger partial charge in [0, 0.05) is 31.6 Å². The summed E-state index contributed by atoms with van der Waals surface area (Å²) in [6.45, 7) is 0.850. The van der Waals surface area contributed by atoms with Gasteiger partial charge in [-0.05, 0) is 25.0 Å². The first-order chi connectivity index (χ1) is 14.8. The van der Waals surface area contributed by atoms with Gasteiger partial charge in [0.15, 0.2) is 17.3 Å². The highest BCUT2D eigenvalue weighted by Crippen LogP contribution is 2.36. The zero-order valence-corrected chi connectivity index (χ0v) is 16.6. The van der Waals surface area contributed by atoms with Crippen molar-refractivity contribution in [2.75, 3.05) is 6.54 Å². The molecule has 7 nitrogen and oxygen atoms in total. The number of benzene rings is 1. The molecule has 2 atom stereocenters. The van der Waals surface area contributed by atoms with Crippen LogP contribution in [0.4, 0.5) is 26.3 Å². The number of nitrogens with zero attached hydrogens (tertiary/aromatic N) is 3. The molecule has 32 heavy (non-hydrogen) atoms. The molecule has 3 rings (SSSR count). The number of carbonyl (C=O) groups excluding carboxylic acids is 1. The molecule has 13 heteroatoms. The van der Waals surface area contributed by atoms with Crippen molar-refractivity contribution in [2.24, 2.45) is 5.73 Å². The number of hydrogen-bond donors (Lipinski definition) is 2. The van der Waals surface area contributed by atoms with Crippen LogP contribution in [-0.2, 0) is 23.9 Å². The number of carboxylic acids is 1. The number of rotatable bonds is 5. The van der Waals surface area contributed by atoms with Crippen molar-refractivity contribution in [3.8, 4) is 0 Å². The summed E-state index contributed by atoms with van der Waals surface area (Å²) >= 11 is 0. The first-order valence-corrected chi connectivity index (χ1v) is 9.40. The molecule has 1 amide bonds. The molecular weight excluding hydrogens is 446 g/mol. The molecule has 174 valence electrons. The van der Waals surface area contributed by atoms with Crippen LogP contribution in [0.15, 0.2) is 12.1 Å². The maximum atomic E-state index is 13.8. The van der Waals surface area contributed by atoms with E-state index in [4.69, 9.17) is 5.73 Å². The van der Waals surface area contributed by atoms with Crippen LogP contribution in [0.1, 0.15) is 47.0 Å². The van der Waals surface area contributed by atoms with Crippen LogP contribution in [0, 0.1) is 17.5 Å². The van der Waals surface area contributed by atoms with E-state index in [2.05, 4.69) is 4.98 Å². The second kappa shape index (κ2) is 8.45. The predicted octanol–water partition coefficient (Wildman–Crippen LogP) is 2.88. The standard InChI is InChI=1S/C19H18F6N4O3/c1-8-16-15(17(31)32)27-18(19(23,24)25)29(16)3-2-28(8)14(30)6-10(26)4-9-5-12(21)13(22)7-11(9)20/h5,7-8,10H,2-4,6,26H2,1H3,(H,31,32)/t8?,10-/m1/s1. The zero-order valence-electron chi connectivity index (χ0n) is 16.6. The van der Waals surface area contributed by atoms with Gasteiger partial charge in [-0.25, -0.2) is 22.9 Å². The average molecular weight is 464 g/mol. The number of hydrogen-bond acceptors (Lipinski definition) is 4. The molecule has 1 aromatic carbocycles. The van der Waals surface area contributed by atoms with Gasteiger partial charge in [0.2, 0.25) is 11.7 Å². The van der Waals surface area contributed by atoms with Crippen LogP contribution < -0.4 is 5.73 Å². The van der Waals surface area contributed by atoms with E-state index in [-0.39, 0.29) is 37.2 Å². The Morgan fingerprint density at radius 2 is 1.81 bits per heavy atom. The number of nitrogens with two attached hydrogens (primary N) is 1. The lowest BCUT2D eigenvalue weighted by molar-refractivity contribution is -0.148. The summed E-state index contributed by atoms with van der Waals surface area (Å²) in [5, 5.41) is 9.28. The van der Waals surface area contributed by atoms with Gasteiger partial charge in [-0.2, -0.15) is 13.2 Å². The van der Waals surface area contributed by atoms with Crippen LogP contribution >= 0.6 is 0 Å². The van der Waals surface area contributed by atoms with Crippen LogP contribution in [0.2, 0.25) is 0 Å². The van der Waals surface area contributed by atoms with Gasteiger partial charge >= 0.3 is 12.1 Å². The maximum Gasteiger partial charge on any atom is 0.449 e. The molecule has 0 radical (unpaired) electrons. The first-order valence-electron chi connectivity index (χ1n) is 9.40. The zero-order chi connectivity index (χ0) is 24.0. The van der Waals surface area contributed by atoms with Crippen molar-refractivity contribution in [1.82, 2.24) is 14.5 Å². The molecule has 1 aliphatic rings. The van der Waals surface area contributed by atoms with Gasteiger partial charge in [-0.15, -0.1) is 0 Å². The third-order valence-electron chi connectivity index (χ3n) is 5.22. The fourth-order valence-corrected chi connectivity index (χ4v) is 3.80. The Morgan fingerprint density at radius 3 is 2.41 bits per heavy atom.